The summed E-state index contributed by atoms with van der Waals surface area (Å²) in [4.78, 5) is 9.11. The van der Waals surface area contributed by atoms with Crippen molar-refractivity contribution in [3.05, 3.63) is 70.2 Å². The highest BCUT2D eigenvalue weighted by Crippen LogP contribution is 2.43. The van der Waals surface area contributed by atoms with Crippen LogP contribution >= 0.6 is 22.9 Å². The van der Waals surface area contributed by atoms with Crippen molar-refractivity contribution in [2.45, 2.75) is 18.7 Å². The van der Waals surface area contributed by atoms with Gasteiger partial charge in [0.2, 0.25) is 0 Å². The van der Waals surface area contributed by atoms with E-state index < -0.39 is 10.0 Å². The summed E-state index contributed by atoms with van der Waals surface area (Å²) >= 11 is 7.63. The van der Waals surface area contributed by atoms with E-state index in [1.54, 1.807) is 29.5 Å². The number of nitrogens with zero attached hydrogens (tertiary/aromatic N) is 2. The zero-order chi connectivity index (χ0) is 23.9. The van der Waals surface area contributed by atoms with Crippen molar-refractivity contribution in [1.82, 2.24) is 10.3 Å². The fraction of sp³-hybridized carbons (Fsp3) is 0.240. The topological polar surface area (TPSA) is 74.3 Å². The smallest absolute Gasteiger partial charge is 0.261 e. The molecule has 1 aliphatic rings. The Labute approximate surface area is 208 Å². The molecule has 1 fully saturated rings. The van der Waals surface area contributed by atoms with E-state index in [0.29, 0.717) is 10.7 Å². The third kappa shape index (κ3) is 4.51. The van der Waals surface area contributed by atoms with E-state index in [4.69, 9.17) is 16.6 Å². The molecule has 4 aromatic rings. The van der Waals surface area contributed by atoms with E-state index in [-0.39, 0.29) is 4.90 Å². The maximum Gasteiger partial charge on any atom is 0.261 e. The van der Waals surface area contributed by atoms with Crippen molar-refractivity contribution < 1.29 is 8.42 Å². The number of aromatic nitrogens is 1. The molecule has 3 heterocycles. The first-order valence-corrected chi connectivity index (χ1v) is 13.7. The fourth-order valence-corrected chi connectivity index (χ4v) is 6.86. The number of hydrogen-bond acceptors (Lipinski definition) is 6. The third-order valence-corrected chi connectivity index (χ3v) is 8.53. The van der Waals surface area contributed by atoms with Crippen molar-refractivity contribution in [3.63, 3.8) is 0 Å². The second-order valence-corrected chi connectivity index (χ2v) is 11.7. The van der Waals surface area contributed by atoms with Crippen LogP contribution in [0.2, 0.25) is 5.02 Å². The minimum atomic E-state index is -3.83. The standard InChI is InChI=1S/C25H25ClN4O2S2/c1-16-13-22(29-34(31,32)21-8-4-6-19(26)15-21)24-23(17(2)33-25(24)28-16)18-5-3-7-20(14-18)30-11-9-27-10-12-30/h3-8,13-15,27H,9-12H2,1-2H3,(H,28,29). The van der Waals surface area contributed by atoms with Crippen molar-refractivity contribution in [2.24, 2.45) is 0 Å². The van der Waals surface area contributed by atoms with Crippen LogP contribution in [0.4, 0.5) is 11.4 Å². The van der Waals surface area contributed by atoms with Crippen LogP contribution in [0, 0.1) is 13.8 Å². The molecule has 6 nitrogen and oxygen atoms in total. The first-order chi connectivity index (χ1) is 16.3. The Morgan fingerprint density at radius 3 is 2.59 bits per heavy atom. The number of aryl methyl sites for hydroxylation is 2. The number of nitrogens with one attached hydrogen (secondary N) is 2. The molecule has 0 radical (unpaired) electrons. The van der Waals surface area contributed by atoms with Gasteiger partial charge >= 0.3 is 0 Å². The molecule has 0 saturated carbocycles. The summed E-state index contributed by atoms with van der Waals surface area (Å²) in [5.74, 6) is 0. The van der Waals surface area contributed by atoms with E-state index in [0.717, 1.165) is 58.1 Å². The molecule has 2 aromatic carbocycles. The molecule has 1 aliphatic heterocycles. The largest absolute Gasteiger partial charge is 0.369 e. The van der Waals surface area contributed by atoms with Gasteiger partial charge in [0.1, 0.15) is 4.83 Å². The van der Waals surface area contributed by atoms with Crippen LogP contribution in [0.15, 0.2) is 59.5 Å². The number of thiophene rings is 1. The normalized spacial score (nSPS) is 14.5. The highest BCUT2D eigenvalue weighted by Gasteiger charge is 2.22. The number of piperazine rings is 1. The number of benzene rings is 2. The van der Waals surface area contributed by atoms with Crippen LogP contribution < -0.4 is 14.9 Å². The van der Waals surface area contributed by atoms with E-state index in [1.165, 1.54) is 17.8 Å². The van der Waals surface area contributed by atoms with Crippen LogP contribution in [0.5, 0.6) is 0 Å². The Balaban J connectivity index is 1.63. The Morgan fingerprint density at radius 2 is 1.82 bits per heavy atom. The molecule has 2 N–H and O–H groups in total. The number of pyridine rings is 1. The summed E-state index contributed by atoms with van der Waals surface area (Å²) in [5.41, 5.74) is 4.49. The Kier molecular flexibility index (Phi) is 6.24. The van der Waals surface area contributed by atoms with Crippen molar-refractivity contribution in [2.75, 3.05) is 35.8 Å². The third-order valence-electron chi connectivity index (χ3n) is 5.93. The average Bonchev–Trinajstić information content (AvgIpc) is 3.15. The first kappa shape index (κ1) is 23.1. The lowest BCUT2D eigenvalue weighted by Gasteiger charge is -2.29. The summed E-state index contributed by atoms with van der Waals surface area (Å²) in [6, 6.07) is 16.5. The number of halogens is 1. The van der Waals surface area contributed by atoms with E-state index >= 15 is 0 Å². The zero-order valence-electron chi connectivity index (χ0n) is 18.9. The lowest BCUT2D eigenvalue weighted by atomic mass is 10.0. The molecule has 0 unspecified atom stereocenters. The van der Waals surface area contributed by atoms with Gasteiger partial charge in [0.25, 0.3) is 10.0 Å². The minimum absolute atomic E-state index is 0.122. The maximum atomic E-state index is 13.2. The van der Waals surface area contributed by atoms with Gasteiger partial charge < -0.3 is 10.2 Å². The lowest BCUT2D eigenvalue weighted by molar-refractivity contribution is 0.589. The molecule has 2 aromatic heterocycles. The second-order valence-electron chi connectivity index (χ2n) is 8.37. The van der Waals surface area contributed by atoms with Crippen molar-refractivity contribution in [1.29, 1.82) is 0 Å². The summed E-state index contributed by atoms with van der Waals surface area (Å²) in [6.45, 7) is 7.77. The molecule has 1 saturated heterocycles. The predicted octanol–water partition coefficient (Wildman–Crippen LogP) is 5.44. The summed E-state index contributed by atoms with van der Waals surface area (Å²) in [5, 5.41) is 4.58. The number of fused-ring (bicyclic) bond motifs is 1. The predicted molar refractivity (Wildman–Crippen MR) is 142 cm³/mol. The average molecular weight is 513 g/mol. The summed E-state index contributed by atoms with van der Waals surface area (Å²) in [6.07, 6.45) is 0. The summed E-state index contributed by atoms with van der Waals surface area (Å²) in [7, 11) is -3.83. The van der Waals surface area contributed by atoms with Crippen LogP contribution in [-0.2, 0) is 10.0 Å². The molecular weight excluding hydrogens is 488 g/mol. The number of rotatable bonds is 5. The van der Waals surface area contributed by atoms with Gasteiger partial charge in [-0.3, -0.25) is 4.72 Å². The molecule has 34 heavy (non-hydrogen) atoms. The van der Waals surface area contributed by atoms with Crippen LogP contribution in [0.1, 0.15) is 10.6 Å². The van der Waals surface area contributed by atoms with Gasteiger partial charge in [-0.1, -0.05) is 29.8 Å². The summed E-state index contributed by atoms with van der Waals surface area (Å²) < 4.78 is 29.3. The van der Waals surface area contributed by atoms with E-state index in [2.05, 4.69) is 46.1 Å². The first-order valence-electron chi connectivity index (χ1n) is 11.1. The SMILES string of the molecule is Cc1cc(NS(=O)(=O)c2cccc(Cl)c2)c2c(-c3cccc(N4CCNCC4)c3)c(C)sc2n1. The van der Waals surface area contributed by atoms with Crippen LogP contribution in [0.25, 0.3) is 21.3 Å². The van der Waals surface area contributed by atoms with Gasteiger partial charge in [0.15, 0.2) is 0 Å². The second kappa shape index (κ2) is 9.19. The molecule has 0 atom stereocenters. The lowest BCUT2D eigenvalue weighted by Crippen LogP contribution is -2.43. The number of sulfonamides is 1. The molecule has 9 heteroatoms. The van der Waals surface area contributed by atoms with Gasteiger partial charge in [-0.05, 0) is 55.8 Å². The van der Waals surface area contributed by atoms with E-state index in [1.807, 2.05) is 6.92 Å². The molecule has 5 rings (SSSR count). The van der Waals surface area contributed by atoms with Crippen LogP contribution in [0.3, 0.4) is 0 Å². The molecule has 176 valence electrons. The zero-order valence-corrected chi connectivity index (χ0v) is 21.3. The van der Waals surface area contributed by atoms with E-state index in [9.17, 15) is 8.42 Å². The van der Waals surface area contributed by atoms with Crippen LogP contribution in [-0.4, -0.2) is 39.6 Å². The minimum Gasteiger partial charge on any atom is -0.369 e. The van der Waals surface area contributed by atoms with Crippen molar-refractivity contribution in [3.8, 4) is 11.1 Å². The quantitative estimate of drug-likeness (QED) is 0.372. The van der Waals surface area contributed by atoms with Gasteiger partial charge in [-0.25, -0.2) is 13.4 Å². The molecule has 0 bridgehead atoms. The Hall–Kier alpha value is -2.65. The number of anilines is 2. The van der Waals surface area contributed by atoms with Gasteiger partial charge in [0.05, 0.1) is 10.6 Å². The van der Waals surface area contributed by atoms with Gasteiger partial charge in [-0.15, -0.1) is 11.3 Å². The number of hydrogen-bond donors (Lipinski definition) is 2. The highest BCUT2D eigenvalue weighted by molar-refractivity contribution is 7.92. The Morgan fingerprint density at radius 1 is 1.06 bits per heavy atom. The van der Waals surface area contributed by atoms with Gasteiger partial charge in [0, 0.05) is 58.4 Å². The molecule has 0 spiro atoms. The molecular formula is C25H25ClN4O2S2. The maximum absolute atomic E-state index is 13.2. The van der Waals surface area contributed by atoms with Gasteiger partial charge in [-0.2, -0.15) is 0 Å². The monoisotopic (exact) mass is 512 g/mol. The molecule has 0 aliphatic carbocycles. The van der Waals surface area contributed by atoms with Crippen molar-refractivity contribution >= 4 is 54.6 Å². The highest BCUT2D eigenvalue weighted by atomic mass is 35.5. The fourth-order valence-electron chi connectivity index (χ4n) is 4.38. The molecule has 0 amide bonds. The Bertz CT molecular complexity index is 1480.